The van der Waals surface area contributed by atoms with Gasteiger partial charge in [0.25, 0.3) is 0 Å². The summed E-state index contributed by atoms with van der Waals surface area (Å²) in [6, 6.07) is 2.77. The zero-order chi connectivity index (χ0) is 16.9. The van der Waals surface area contributed by atoms with Crippen LogP contribution in [-0.4, -0.2) is 24.7 Å². The lowest BCUT2D eigenvalue weighted by molar-refractivity contribution is -0.274. The van der Waals surface area contributed by atoms with Crippen LogP contribution >= 0.6 is 0 Å². The van der Waals surface area contributed by atoms with Crippen LogP contribution in [-0.2, 0) is 0 Å². The van der Waals surface area contributed by atoms with Gasteiger partial charge in [-0.05, 0) is 37.0 Å². The molecule has 0 aromatic heterocycles. The quantitative estimate of drug-likeness (QED) is 0.808. The van der Waals surface area contributed by atoms with Crippen molar-refractivity contribution in [2.45, 2.75) is 45.2 Å². The highest BCUT2D eigenvalue weighted by molar-refractivity contribution is 5.42. The largest absolute Gasteiger partial charge is 0.573 e. The summed E-state index contributed by atoms with van der Waals surface area (Å²) in [5.74, 6) is 0.309. The Labute approximate surface area is 128 Å². The van der Waals surface area contributed by atoms with Crippen molar-refractivity contribution in [2.24, 2.45) is 11.7 Å². The highest BCUT2D eigenvalue weighted by atomic mass is 19.4. The molecule has 22 heavy (non-hydrogen) atoms. The number of aliphatic hydroxyl groups excluding tert-OH is 1. The number of halogens is 3. The van der Waals surface area contributed by atoms with Crippen LogP contribution in [0, 0.1) is 5.92 Å². The molecule has 4 nitrogen and oxygen atoms in total. The molecule has 0 saturated heterocycles. The Hall–Kier alpha value is -1.47. The van der Waals surface area contributed by atoms with Crippen LogP contribution < -0.4 is 15.2 Å². The van der Waals surface area contributed by atoms with Gasteiger partial charge < -0.3 is 20.3 Å². The Balaban J connectivity index is 2.96. The molecular weight excluding hydrogens is 299 g/mol. The summed E-state index contributed by atoms with van der Waals surface area (Å²) in [6.45, 7) is 4.02. The maximum Gasteiger partial charge on any atom is 0.573 e. The van der Waals surface area contributed by atoms with E-state index in [0.717, 1.165) is 18.6 Å². The maximum absolute atomic E-state index is 12.3. The number of hydrogen-bond donors (Lipinski definition) is 2. The topological polar surface area (TPSA) is 64.7 Å². The van der Waals surface area contributed by atoms with E-state index in [0.29, 0.717) is 18.1 Å². The minimum atomic E-state index is -4.79. The summed E-state index contributed by atoms with van der Waals surface area (Å²) in [6.07, 6.45) is -4.45. The van der Waals surface area contributed by atoms with E-state index in [4.69, 9.17) is 10.5 Å². The Morgan fingerprint density at radius 2 is 1.86 bits per heavy atom. The van der Waals surface area contributed by atoms with Crippen LogP contribution in [0.25, 0.3) is 0 Å². The standard InChI is InChI=1S/C15H22F3NO3/c1-9(2)4-6-12(20)14(19)11-8-10(22-15(16,17)18)5-7-13(11)21-3/h5,7-9,12,14,20H,4,6,19H2,1-3H3/t12-,14+/m0/s1. The van der Waals surface area contributed by atoms with E-state index in [-0.39, 0.29) is 5.56 Å². The van der Waals surface area contributed by atoms with Gasteiger partial charge in [0.2, 0.25) is 0 Å². The molecule has 0 unspecified atom stereocenters. The number of hydrogen-bond acceptors (Lipinski definition) is 4. The van der Waals surface area contributed by atoms with Crippen molar-refractivity contribution < 1.29 is 27.8 Å². The third-order valence-corrected chi connectivity index (χ3v) is 3.25. The van der Waals surface area contributed by atoms with Crippen molar-refractivity contribution in [3.63, 3.8) is 0 Å². The van der Waals surface area contributed by atoms with E-state index in [9.17, 15) is 18.3 Å². The monoisotopic (exact) mass is 321 g/mol. The predicted octanol–water partition coefficient (Wildman–Crippen LogP) is 3.39. The second kappa shape index (κ2) is 7.69. The molecule has 0 aliphatic carbocycles. The molecule has 2 atom stereocenters. The normalized spacial score (nSPS) is 14.8. The second-order valence-electron chi connectivity index (χ2n) is 5.52. The smallest absolute Gasteiger partial charge is 0.496 e. The molecule has 0 spiro atoms. The van der Waals surface area contributed by atoms with E-state index < -0.39 is 24.3 Å². The first-order valence-corrected chi connectivity index (χ1v) is 7.01. The third kappa shape index (κ3) is 5.73. The van der Waals surface area contributed by atoms with Gasteiger partial charge in [-0.15, -0.1) is 13.2 Å². The number of aliphatic hydroxyl groups is 1. The van der Waals surface area contributed by atoms with Gasteiger partial charge >= 0.3 is 6.36 Å². The second-order valence-corrected chi connectivity index (χ2v) is 5.52. The Bertz CT molecular complexity index is 478. The summed E-state index contributed by atoms with van der Waals surface area (Å²) >= 11 is 0. The van der Waals surface area contributed by atoms with Gasteiger partial charge in [0.05, 0.1) is 19.3 Å². The molecule has 0 radical (unpaired) electrons. The highest BCUT2D eigenvalue weighted by Gasteiger charge is 2.32. The highest BCUT2D eigenvalue weighted by Crippen LogP contribution is 2.33. The fourth-order valence-corrected chi connectivity index (χ4v) is 2.06. The first-order valence-electron chi connectivity index (χ1n) is 7.01. The van der Waals surface area contributed by atoms with E-state index in [1.807, 2.05) is 13.8 Å². The molecular formula is C15H22F3NO3. The van der Waals surface area contributed by atoms with Gasteiger partial charge in [-0.25, -0.2) is 0 Å². The lowest BCUT2D eigenvalue weighted by Crippen LogP contribution is -2.27. The Kier molecular flexibility index (Phi) is 6.49. The lowest BCUT2D eigenvalue weighted by Gasteiger charge is -2.22. The molecule has 3 N–H and O–H groups in total. The van der Waals surface area contributed by atoms with Crippen LogP contribution in [0.5, 0.6) is 11.5 Å². The molecule has 0 bridgehead atoms. The van der Waals surface area contributed by atoms with Gasteiger partial charge in [-0.3, -0.25) is 0 Å². The van der Waals surface area contributed by atoms with Crippen molar-refractivity contribution >= 4 is 0 Å². The number of alkyl halides is 3. The number of methoxy groups -OCH3 is 1. The molecule has 0 saturated carbocycles. The minimum Gasteiger partial charge on any atom is -0.496 e. The average molecular weight is 321 g/mol. The van der Waals surface area contributed by atoms with Crippen molar-refractivity contribution in [2.75, 3.05) is 7.11 Å². The Morgan fingerprint density at radius 1 is 1.23 bits per heavy atom. The zero-order valence-corrected chi connectivity index (χ0v) is 12.9. The van der Waals surface area contributed by atoms with Crippen molar-refractivity contribution in [1.29, 1.82) is 0 Å². The van der Waals surface area contributed by atoms with E-state index >= 15 is 0 Å². The molecule has 1 aromatic carbocycles. The third-order valence-electron chi connectivity index (χ3n) is 3.25. The summed E-state index contributed by atoms with van der Waals surface area (Å²) < 4.78 is 45.8. The summed E-state index contributed by atoms with van der Waals surface area (Å²) in [5.41, 5.74) is 6.25. The number of ether oxygens (including phenoxy) is 2. The van der Waals surface area contributed by atoms with Crippen LogP contribution in [0.3, 0.4) is 0 Å². The van der Waals surface area contributed by atoms with E-state index in [1.165, 1.54) is 13.2 Å². The van der Waals surface area contributed by atoms with Crippen molar-refractivity contribution in [3.05, 3.63) is 23.8 Å². The predicted molar refractivity (Wildman–Crippen MR) is 76.7 cm³/mol. The van der Waals surface area contributed by atoms with Crippen LogP contribution in [0.2, 0.25) is 0 Å². The fourth-order valence-electron chi connectivity index (χ4n) is 2.06. The maximum atomic E-state index is 12.3. The molecule has 0 amide bonds. The van der Waals surface area contributed by atoms with E-state index in [1.54, 1.807) is 0 Å². The van der Waals surface area contributed by atoms with Gasteiger partial charge in [0, 0.05) is 5.56 Å². The summed E-state index contributed by atoms with van der Waals surface area (Å²) in [5, 5.41) is 10.1. The van der Waals surface area contributed by atoms with Crippen molar-refractivity contribution in [3.8, 4) is 11.5 Å². The lowest BCUT2D eigenvalue weighted by atomic mass is 9.95. The van der Waals surface area contributed by atoms with E-state index in [2.05, 4.69) is 4.74 Å². The number of benzene rings is 1. The van der Waals surface area contributed by atoms with Gasteiger partial charge in [-0.1, -0.05) is 13.8 Å². The molecule has 0 fully saturated rings. The SMILES string of the molecule is COc1ccc(OC(F)(F)F)cc1[C@@H](N)[C@@H](O)CCC(C)C. The fraction of sp³-hybridized carbons (Fsp3) is 0.600. The van der Waals surface area contributed by atoms with Gasteiger partial charge in [-0.2, -0.15) is 0 Å². The van der Waals surface area contributed by atoms with Crippen LogP contribution in [0.15, 0.2) is 18.2 Å². The Morgan fingerprint density at radius 3 is 2.36 bits per heavy atom. The molecule has 0 heterocycles. The van der Waals surface area contributed by atoms with Crippen LogP contribution in [0.1, 0.15) is 38.3 Å². The molecule has 126 valence electrons. The molecule has 0 aliphatic rings. The molecule has 7 heteroatoms. The summed E-state index contributed by atoms with van der Waals surface area (Å²) in [4.78, 5) is 0. The molecule has 0 aliphatic heterocycles. The average Bonchev–Trinajstić information content (AvgIpc) is 2.42. The minimum absolute atomic E-state index is 0.278. The molecule has 1 aromatic rings. The van der Waals surface area contributed by atoms with Gasteiger partial charge in [0.1, 0.15) is 11.5 Å². The zero-order valence-electron chi connectivity index (χ0n) is 12.9. The van der Waals surface area contributed by atoms with Crippen LogP contribution in [0.4, 0.5) is 13.2 Å². The first kappa shape index (κ1) is 18.6. The van der Waals surface area contributed by atoms with Gasteiger partial charge in [0.15, 0.2) is 0 Å². The molecule has 1 rings (SSSR count). The number of rotatable bonds is 7. The first-order chi connectivity index (χ1) is 10.1. The number of nitrogens with two attached hydrogens (primary N) is 1. The summed E-state index contributed by atoms with van der Waals surface area (Å²) in [7, 11) is 1.39. The van der Waals surface area contributed by atoms with Crippen molar-refractivity contribution in [1.82, 2.24) is 0 Å².